The van der Waals surface area contributed by atoms with Crippen LogP contribution in [0.5, 0.6) is 0 Å². The molecule has 1 amide bonds. The van der Waals surface area contributed by atoms with Gasteiger partial charge in [-0.3, -0.25) is 9.78 Å². The Morgan fingerprint density at radius 3 is 2.58 bits per heavy atom. The zero-order valence-corrected chi connectivity index (χ0v) is 14.6. The third-order valence-corrected chi connectivity index (χ3v) is 4.28. The summed E-state index contributed by atoms with van der Waals surface area (Å²) in [5.41, 5.74) is 3.03. The van der Waals surface area contributed by atoms with Crippen LogP contribution in [0.1, 0.15) is 11.1 Å². The number of aliphatic hydroxyl groups is 1. The molecule has 0 radical (unpaired) electrons. The molecule has 132 valence electrons. The van der Waals surface area contributed by atoms with Crippen molar-refractivity contribution < 1.29 is 9.90 Å². The molecule has 4 heteroatoms. The zero-order valence-electron chi connectivity index (χ0n) is 14.6. The first-order chi connectivity index (χ1) is 12.8. The van der Waals surface area contributed by atoms with Crippen molar-refractivity contribution in [1.29, 1.82) is 0 Å². The lowest BCUT2D eigenvalue weighted by Crippen LogP contribution is -2.34. The molecule has 0 saturated carbocycles. The fourth-order valence-corrected chi connectivity index (χ4v) is 2.89. The molecule has 0 aliphatic rings. The van der Waals surface area contributed by atoms with Gasteiger partial charge < -0.3 is 10.0 Å². The number of pyridine rings is 1. The van der Waals surface area contributed by atoms with Crippen LogP contribution in [0, 0.1) is 0 Å². The molecule has 0 saturated heterocycles. The smallest absolute Gasteiger partial charge is 0.246 e. The van der Waals surface area contributed by atoms with E-state index in [1.165, 1.54) is 5.56 Å². The Hall–Kier alpha value is -2.98. The normalized spacial score (nSPS) is 11.1. The Labute approximate surface area is 153 Å². The number of nitrogens with zero attached hydrogens (tertiary/aromatic N) is 2. The molecule has 0 aliphatic heterocycles. The summed E-state index contributed by atoms with van der Waals surface area (Å²) in [4.78, 5) is 18.6. The summed E-state index contributed by atoms with van der Waals surface area (Å²) in [7, 11) is 0. The molecule has 4 nitrogen and oxygen atoms in total. The second-order valence-corrected chi connectivity index (χ2v) is 6.04. The molecule has 26 heavy (non-hydrogen) atoms. The Morgan fingerprint density at radius 1 is 1.00 bits per heavy atom. The SMILES string of the molecule is O=C(/C=C/c1ccnc2ccccc12)N(CCO)CCc1ccccc1. The minimum absolute atomic E-state index is 0.0491. The van der Waals surface area contributed by atoms with Crippen LogP contribution in [0.2, 0.25) is 0 Å². The molecular weight excluding hydrogens is 324 g/mol. The van der Waals surface area contributed by atoms with Gasteiger partial charge in [-0.1, -0.05) is 48.5 Å². The highest BCUT2D eigenvalue weighted by Gasteiger charge is 2.10. The topological polar surface area (TPSA) is 53.4 Å². The third kappa shape index (κ3) is 4.55. The van der Waals surface area contributed by atoms with Gasteiger partial charge in [0.2, 0.25) is 5.91 Å². The predicted molar refractivity (Wildman–Crippen MR) is 105 cm³/mol. The highest BCUT2D eigenvalue weighted by Crippen LogP contribution is 2.17. The average Bonchev–Trinajstić information content (AvgIpc) is 2.70. The van der Waals surface area contributed by atoms with Gasteiger partial charge in [0.25, 0.3) is 0 Å². The number of fused-ring (bicyclic) bond motifs is 1. The summed E-state index contributed by atoms with van der Waals surface area (Å²) in [6, 6.07) is 19.8. The number of hydrogen-bond donors (Lipinski definition) is 1. The standard InChI is InChI=1S/C22H22N2O2/c25-17-16-24(15-13-18-6-2-1-3-7-18)22(26)11-10-19-12-14-23-21-9-5-4-8-20(19)21/h1-12,14,25H,13,15-17H2/b11-10+. The fraction of sp³-hybridized carbons (Fsp3) is 0.182. The van der Waals surface area contributed by atoms with Gasteiger partial charge in [0.05, 0.1) is 12.1 Å². The predicted octanol–water partition coefficient (Wildman–Crippen LogP) is 3.31. The monoisotopic (exact) mass is 346 g/mol. The first-order valence-electron chi connectivity index (χ1n) is 8.73. The average molecular weight is 346 g/mol. The lowest BCUT2D eigenvalue weighted by Gasteiger charge is -2.20. The largest absolute Gasteiger partial charge is 0.395 e. The highest BCUT2D eigenvalue weighted by atomic mass is 16.3. The molecule has 3 aromatic rings. The molecule has 0 atom stereocenters. The van der Waals surface area contributed by atoms with E-state index in [2.05, 4.69) is 4.98 Å². The van der Waals surface area contributed by atoms with Crippen LogP contribution in [-0.4, -0.2) is 40.6 Å². The number of benzene rings is 2. The van der Waals surface area contributed by atoms with Crippen LogP contribution in [0.15, 0.2) is 72.9 Å². The van der Waals surface area contributed by atoms with Gasteiger partial charge in [0.15, 0.2) is 0 Å². The Kier molecular flexibility index (Phi) is 6.12. The second kappa shape index (κ2) is 8.92. The van der Waals surface area contributed by atoms with Gasteiger partial charge in [-0.05, 0) is 35.8 Å². The number of carbonyl (C=O) groups excluding carboxylic acids is 1. The van der Waals surface area contributed by atoms with E-state index < -0.39 is 0 Å². The van der Waals surface area contributed by atoms with Gasteiger partial charge in [-0.15, -0.1) is 0 Å². The number of carbonyl (C=O) groups is 1. The summed E-state index contributed by atoms with van der Waals surface area (Å²) < 4.78 is 0. The van der Waals surface area contributed by atoms with Crippen molar-refractivity contribution in [3.63, 3.8) is 0 Å². The van der Waals surface area contributed by atoms with E-state index in [9.17, 15) is 9.90 Å². The van der Waals surface area contributed by atoms with Crippen LogP contribution in [0.25, 0.3) is 17.0 Å². The zero-order chi connectivity index (χ0) is 18.2. The Bertz CT molecular complexity index is 886. The molecule has 0 aliphatic carbocycles. The number of rotatable bonds is 7. The summed E-state index contributed by atoms with van der Waals surface area (Å²) >= 11 is 0. The minimum atomic E-state index is -0.101. The third-order valence-electron chi connectivity index (χ3n) is 4.28. The van der Waals surface area contributed by atoms with Gasteiger partial charge in [-0.25, -0.2) is 0 Å². The van der Waals surface area contributed by atoms with Crippen molar-refractivity contribution in [2.75, 3.05) is 19.7 Å². The van der Waals surface area contributed by atoms with Crippen molar-refractivity contribution in [3.8, 4) is 0 Å². The summed E-state index contributed by atoms with van der Waals surface area (Å²) in [6.45, 7) is 0.852. The minimum Gasteiger partial charge on any atom is -0.395 e. The first-order valence-corrected chi connectivity index (χ1v) is 8.73. The highest BCUT2D eigenvalue weighted by molar-refractivity contribution is 5.95. The van der Waals surface area contributed by atoms with Crippen LogP contribution in [-0.2, 0) is 11.2 Å². The van der Waals surface area contributed by atoms with E-state index in [0.29, 0.717) is 13.1 Å². The number of para-hydroxylation sites is 1. The molecule has 1 aromatic heterocycles. The van der Waals surface area contributed by atoms with Crippen LogP contribution in [0.3, 0.4) is 0 Å². The van der Waals surface area contributed by atoms with E-state index in [0.717, 1.165) is 22.9 Å². The van der Waals surface area contributed by atoms with Crippen LogP contribution in [0.4, 0.5) is 0 Å². The maximum Gasteiger partial charge on any atom is 0.246 e. The number of aliphatic hydroxyl groups excluding tert-OH is 1. The molecule has 1 N–H and O–H groups in total. The van der Waals surface area contributed by atoms with E-state index >= 15 is 0 Å². The van der Waals surface area contributed by atoms with Gasteiger partial charge in [0, 0.05) is 30.7 Å². The lowest BCUT2D eigenvalue weighted by molar-refractivity contribution is -0.126. The Morgan fingerprint density at radius 2 is 1.77 bits per heavy atom. The molecule has 3 rings (SSSR count). The lowest BCUT2D eigenvalue weighted by atomic mass is 10.1. The van der Waals surface area contributed by atoms with Crippen molar-refractivity contribution in [1.82, 2.24) is 9.88 Å². The molecule has 0 fully saturated rings. The van der Waals surface area contributed by atoms with Crippen molar-refractivity contribution >= 4 is 22.9 Å². The van der Waals surface area contributed by atoms with E-state index in [-0.39, 0.29) is 12.5 Å². The van der Waals surface area contributed by atoms with E-state index in [1.807, 2.05) is 66.7 Å². The maximum atomic E-state index is 12.6. The van der Waals surface area contributed by atoms with Crippen LogP contribution >= 0.6 is 0 Å². The molecule has 0 unspecified atom stereocenters. The first kappa shape index (κ1) is 17.8. The Balaban J connectivity index is 1.71. The summed E-state index contributed by atoms with van der Waals surface area (Å²) in [5, 5.41) is 10.3. The quantitative estimate of drug-likeness (QED) is 0.668. The number of amides is 1. The summed E-state index contributed by atoms with van der Waals surface area (Å²) in [6.07, 6.45) is 5.90. The van der Waals surface area contributed by atoms with Gasteiger partial charge in [0.1, 0.15) is 0 Å². The molecule has 0 spiro atoms. The number of hydrogen-bond acceptors (Lipinski definition) is 3. The van der Waals surface area contributed by atoms with E-state index in [4.69, 9.17) is 0 Å². The second-order valence-electron chi connectivity index (χ2n) is 6.04. The van der Waals surface area contributed by atoms with Crippen molar-refractivity contribution in [2.24, 2.45) is 0 Å². The molecule has 0 bridgehead atoms. The summed E-state index contributed by atoms with van der Waals surface area (Å²) in [5.74, 6) is -0.101. The fourth-order valence-electron chi connectivity index (χ4n) is 2.89. The van der Waals surface area contributed by atoms with Crippen molar-refractivity contribution in [2.45, 2.75) is 6.42 Å². The maximum absolute atomic E-state index is 12.6. The van der Waals surface area contributed by atoms with E-state index in [1.54, 1.807) is 17.2 Å². The van der Waals surface area contributed by atoms with Crippen molar-refractivity contribution in [3.05, 3.63) is 84.1 Å². The van der Waals surface area contributed by atoms with Gasteiger partial charge >= 0.3 is 0 Å². The van der Waals surface area contributed by atoms with Gasteiger partial charge in [-0.2, -0.15) is 0 Å². The molecular formula is C22H22N2O2. The molecule has 1 heterocycles. The van der Waals surface area contributed by atoms with Crippen LogP contribution < -0.4 is 0 Å². The molecule has 2 aromatic carbocycles. The number of aromatic nitrogens is 1.